The largest absolute Gasteiger partial charge is 0.508 e. The summed E-state index contributed by atoms with van der Waals surface area (Å²) < 4.78 is 7.41. The van der Waals surface area contributed by atoms with Gasteiger partial charge >= 0.3 is 0 Å². The lowest BCUT2D eigenvalue weighted by Crippen LogP contribution is -2.55. The molecule has 1 saturated heterocycles. The number of aromatic nitrogens is 4. The Morgan fingerprint density at radius 2 is 2.08 bits per heavy atom. The maximum atomic E-state index is 12.8. The number of fused-ring (bicyclic) bond motifs is 1. The van der Waals surface area contributed by atoms with E-state index in [0.29, 0.717) is 24.1 Å². The van der Waals surface area contributed by atoms with Crippen LogP contribution in [-0.4, -0.2) is 67.2 Å². The molecule has 2 heterocycles. The van der Waals surface area contributed by atoms with Crippen LogP contribution in [0.15, 0.2) is 29.4 Å². The van der Waals surface area contributed by atoms with Crippen molar-refractivity contribution in [1.29, 1.82) is 0 Å². The quantitative estimate of drug-likeness (QED) is 0.812. The fraction of sp³-hybridized carbons (Fsp3) is 0.529. The van der Waals surface area contributed by atoms with Gasteiger partial charge in [-0.3, -0.25) is 4.79 Å². The molecule has 1 aromatic carbocycles. The highest BCUT2D eigenvalue weighted by molar-refractivity contribution is 7.99. The van der Waals surface area contributed by atoms with Gasteiger partial charge in [0.15, 0.2) is 0 Å². The molecule has 2 aromatic rings. The van der Waals surface area contributed by atoms with E-state index in [2.05, 4.69) is 15.5 Å². The maximum absolute atomic E-state index is 12.8. The van der Waals surface area contributed by atoms with Crippen molar-refractivity contribution in [3.05, 3.63) is 24.3 Å². The van der Waals surface area contributed by atoms with Gasteiger partial charge in [0.1, 0.15) is 5.75 Å². The highest BCUT2D eigenvalue weighted by Gasteiger charge is 2.36. The van der Waals surface area contributed by atoms with Crippen molar-refractivity contribution in [2.45, 2.75) is 43.0 Å². The number of hydrogen-bond donors (Lipinski definition) is 1. The number of carbonyl (C=O) groups excluding carboxylic acids is 1. The van der Waals surface area contributed by atoms with E-state index in [1.54, 1.807) is 28.9 Å². The summed E-state index contributed by atoms with van der Waals surface area (Å²) in [5.74, 6) is 0.581. The minimum Gasteiger partial charge on any atom is -0.508 e. The molecule has 2 aliphatic rings. The first-order valence-corrected chi connectivity index (χ1v) is 9.82. The molecule has 0 radical (unpaired) electrons. The van der Waals surface area contributed by atoms with Crippen molar-refractivity contribution in [1.82, 2.24) is 25.1 Å². The summed E-state index contributed by atoms with van der Waals surface area (Å²) in [7, 11) is 0. The predicted molar refractivity (Wildman–Crippen MR) is 95.3 cm³/mol. The average Bonchev–Trinajstić information content (AvgIpc) is 3.15. The van der Waals surface area contributed by atoms with E-state index in [4.69, 9.17) is 4.74 Å². The zero-order chi connectivity index (χ0) is 17.9. The van der Waals surface area contributed by atoms with Crippen molar-refractivity contribution in [3.8, 4) is 11.4 Å². The summed E-state index contributed by atoms with van der Waals surface area (Å²) in [4.78, 5) is 14.8. The Balaban J connectivity index is 1.42. The van der Waals surface area contributed by atoms with E-state index in [0.717, 1.165) is 24.9 Å². The van der Waals surface area contributed by atoms with Crippen LogP contribution in [0.1, 0.15) is 25.7 Å². The van der Waals surface area contributed by atoms with Crippen molar-refractivity contribution in [2.24, 2.45) is 0 Å². The van der Waals surface area contributed by atoms with Crippen LogP contribution in [-0.2, 0) is 9.53 Å². The van der Waals surface area contributed by atoms with Crippen molar-refractivity contribution in [2.75, 3.05) is 18.9 Å². The lowest BCUT2D eigenvalue weighted by Gasteiger charge is -2.43. The molecule has 1 aliphatic heterocycles. The molecular formula is C17H21N5O3S. The summed E-state index contributed by atoms with van der Waals surface area (Å²) >= 11 is 1.33. The number of hydrogen-bond acceptors (Lipinski definition) is 7. The van der Waals surface area contributed by atoms with Gasteiger partial charge in [-0.25, -0.2) is 0 Å². The first-order valence-electron chi connectivity index (χ1n) is 8.84. The predicted octanol–water partition coefficient (Wildman–Crippen LogP) is 1.63. The molecule has 26 heavy (non-hydrogen) atoms. The van der Waals surface area contributed by atoms with Crippen molar-refractivity contribution in [3.63, 3.8) is 0 Å². The Morgan fingerprint density at radius 1 is 1.27 bits per heavy atom. The Kier molecular flexibility index (Phi) is 5.07. The molecule has 2 fully saturated rings. The summed E-state index contributed by atoms with van der Waals surface area (Å²) in [5, 5.41) is 21.7. The van der Waals surface area contributed by atoms with Gasteiger partial charge in [-0.1, -0.05) is 24.6 Å². The number of morpholine rings is 1. The van der Waals surface area contributed by atoms with Gasteiger partial charge in [-0.2, -0.15) is 4.68 Å². The van der Waals surface area contributed by atoms with Crippen LogP contribution in [0, 0.1) is 0 Å². The minimum atomic E-state index is 0.107. The van der Waals surface area contributed by atoms with E-state index < -0.39 is 0 Å². The summed E-state index contributed by atoms with van der Waals surface area (Å²) in [6.07, 6.45) is 4.58. The van der Waals surface area contributed by atoms with Crippen LogP contribution in [0.5, 0.6) is 5.75 Å². The zero-order valence-corrected chi connectivity index (χ0v) is 15.1. The second-order valence-electron chi connectivity index (χ2n) is 6.53. The smallest absolute Gasteiger partial charge is 0.233 e. The third-order valence-electron chi connectivity index (χ3n) is 4.91. The Morgan fingerprint density at radius 3 is 2.92 bits per heavy atom. The van der Waals surface area contributed by atoms with Gasteiger partial charge < -0.3 is 14.7 Å². The molecule has 1 N–H and O–H groups in total. The number of ether oxygens (including phenoxy) is 1. The van der Waals surface area contributed by atoms with Crippen LogP contribution in [0.2, 0.25) is 0 Å². The molecule has 2 unspecified atom stereocenters. The summed E-state index contributed by atoms with van der Waals surface area (Å²) in [5.41, 5.74) is 0.737. The fourth-order valence-electron chi connectivity index (χ4n) is 3.64. The van der Waals surface area contributed by atoms with Crippen molar-refractivity contribution >= 4 is 17.7 Å². The Bertz CT molecular complexity index is 764. The highest BCUT2D eigenvalue weighted by atomic mass is 32.2. The zero-order valence-electron chi connectivity index (χ0n) is 14.3. The van der Waals surface area contributed by atoms with E-state index in [9.17, 15) is 9.90 Å². The minimum absolute atomic E-state index is 0.107. The van der Waals surface area contributed by atoms with Gasteiger partial charge in [0, 0.05) is 6.54 Å². The number of aromatic hydroxyl groups is 1. The van der Waals surface area contributed by atoms with Gasteiger partial charge in [-0.05, 0) is 47.5 Å². The lowest BCUT2D eigenvalue weighted by molar-refractivity contribution is -0.146. The van der Waals surface area contributed by atoms with Crippen LogP contribution < -0.4 is 0 Å². The molecule has 9 heteroatoms. The molecule has 138 valence electrons. The SMILES string of the molecule is O=C(CSc1nnnn1-c1ccc(O)cc1)N1CCOC2CCCCC21. The van der Waals surface area contributed by atoms with Crippen LogP contribution in [0.25, 0.3) is 5.69 Å². The molecule has 4 rings (SSSR count). The molecule has 1 saturated carbocycles. The average molecular weight is 375 g/mol. The number of rotatable bonds is 4. The van der Waals surface area contributed by atoms with Crippen LogP contribution >= 0.6 is 11.8 Å². The molecule has 8 nitrogen and oxygen atoms in total. The molecule has 1 aliphatic carbocycles. The molecule has 1 aromatic heterocycles. The maximum Gasteiger partial charge on any atom is 0.233 e. The van der Waals surface area contributed by atoms with Gasteiger partial charge in [0.2, 0.25) is 11.1 Å². The van der Waals surface area contributed by atoms with E-state index in [1.165, 1.54) is 18.2 Å². The van der Waals surface area contributed by atoms with E-state index in [1.807, 2.05) is 4.90 Å². The standard InChI is InChI=1S/C17H21N5O3S/c23-13-7-5-12(6-8-13)22-17(18-19-20-22)26-11-16(24)21-9-10-25-15-4-2-1-3-14(15)21/h5-8,14-15,23H,1-4,9-11H2. The number of phenols is 1. The van der Waals surface area contributed by atoms with E-state index in [-0.39, 0.29) is 23.8 Å². The van der Waals surface area contributed by atoms with Crippen LogP contribution in [0.4, 0.5) is 0 Å². The normalized spacial score (nSPS) is 22.8. The molecular weight excluding hydrogens is 354 g/mol. The molecule has 0 bridgehead atoms. The second kappa shape index (κ2) is 7.63. The van der Waals surface area contributed by atoms with Gasteiger partial charge in [-0.15, -0.1) is 5.10 Å². The lowest BCUT2D eigenvalue weighted by atomic mass is 9.90. The third-order valence-corrected chi connectivity index (χ3v) is 5.82. The summed E-state index contributed by atoms with van der Waals surface area (Å²) in [6.45, 7) is 1.27. The first kappa shape index (κ1) is 17.3. The summed E-state index contributed by atoms with van der Waals surface area (Å²) in [6, 6.07) is 6.82. The topological polar surface area (TPSA) is 93.4 Å². The van der Waals surface area contributed by atoms with Gasteiger partial charge in [0.25, 0.3) is 0 Å². The van der Waals surface area contributed by atoms with Gasteiger partial charge in [0.05, 0.1) is 30.2 Å². The molecule has 0 spiro atoms. The number of phenolic OH excluding ortho intramolecular Hbond substituents is 1. The number of carbonyl (C=O) groups is 1. The van der Waals surface area contributed by atoms with Crippen molar-refractivity contribution < 1.29 is 14.6 Å². The van der Waals surface area contributed by atoms with E-state index >= 15 is 0 Å². The highest BCUT2D eigenvalue weighted by Crippen LogP contribution is 2.29. The number of thioether (sulfide) groups is 1. The van der Waals surface area contributed by atoms with Crippen LogP contribution in [0.3, 0.4) is 0 Å². The third kappa shape index (κ3) is 3.54. The number of benzene rings is 1. The Labute approximate surface area is 155 Å². The molecule has 2 atom stereocenters. The molecule has 1 amide bonds. The Hall–Kier alpha value is -2.13. The fourth-order valence-corrected chi connectivity index (χ4v) is 4.42. The number of amides is 1. The first-order chi connectivity index (χ1) is 12.7. The number of tetrazole rings is 1. The second-order valence-corrected chi connectivity index (χ2v) is 7.47. The monoisotopic (exact) mass is 375 g/mol. The number of nitrogens with zero attached hydrogens (tertiary/aromatic N) is 5.